The molecule has 6 heteroatoms. The van der Waals surface area contributed by atoms with Gasteiger partial charge < -0.3 is 9.64 Å². The van der Waals surface area contributed by atoms with Gasteiger partial charge in [-0.3, -0.25) is 9.69 Å². The Morgan fingerprint density at radius 3 is 2.55 bits per heavy atom. The molecule has 1 amide bonds. The van der Waals surface area contributed by atoms with Crippen molar-refractivity contribution < 1.29 is 9.53 Å². The van der Waals surface area contributed by atoms with Crippen molar-refractivity contribution in [2.75, 3.05) is 46.9 Å². The van der Waals surface area contributed by atoms with E-state index in [-0.39, 0.29) is 17.9 Å². The Balaban J connectivity index is 1.46. The van der Waals surface area contributed by atoms with Gasteiger partial charge in [0.2, 0.25) is 0 Å². The van der Waals surface area contributed by atoms with Gasteiger partial charge in [-0.1, -0.05) is 36.4 Å². The third kappa shape index (κ3) is 3.86. The van der Waals surface area contributed by atoms with Crippen LogP contribution in [0.5, 0.6) is 5.75 Å². The highest BCUT2D eigenvalue weighted by atomic mass is 16.5. The van der Waals surface area contributed by atoms with E-state index in [0.29, 0.717) is 6.54 Å². The van der Waals surface area contributed by atoms with E-state index in [4.69, 9.17) is 9.84 Å². The van der Waals surface area contributed by atoms with Crippen molar-refractivity contribution in [2.45, 2.75) is 18.9 Å². The molecule has 2 aromatic carbocycles. The fourth-order valence-corrected chi connectivity index (χ4v) is 5.08. The predicted molar refractivity (Wildman–Crippen MR) is 121 cm³/mol. The fraction of sp³-hybridized carbons (Fsp3) is 0.440. The number of aryl methyl sites for hydroxylation is 1. The summed E-state index contributed by atoms with van der Waals surface area (Å²) in [4.78, 5) is 18.1. The maximum absolute atomic E-state index is 13.5. The molecule has 0 unspecified atom stereocenters. The highest BCUT2D eigenvalue weighted by molar-refractivity contribution is 6.06. The normalized spacial score (nSPS) is 23.8. The van der Waals surface area contributed by atoms with E-state index in [1.807, 2.05) is 12.1 Å². The zero-order valence-electron chi connectivity index (χ0n) is 18.3. The second-order valence-electron chi connectivity index (χ2n) is 8.82. The average Bonchev–Trinajstić information content (AvgIpc) is 3.21. The minimum atomic E-state index is -0.0609. The first-order chi connectivity index (χ1) is 15.1. The van der Waals surface area contributed by atoms with E-state index in [1.165, 1.54) is 11.1 Å². The smallest absolute Gasteiger partial charge is 0.257 e. The van der Waals surface area contributed by atoms with Gasteiger partial charge in [0, 0.05) is 37.7 Å². The fourth-order valence-electron chi connectivity index (χ4n) is 5.08. The number of carbonyl (C=O) groups is 1. The summed E-state index contributed by atoms with van der Waals surface area (Å²) < 4.78 is 5.35. The molecule has 6 nitrogen and oxygen atoms in total. The van der Waals surface area contributed by atoms with E-state index in [1.54, 1.807) is 12.1 Å². The summed E-state index contributed by atoms with van der Waals surface area (Å²) in [7, 11) is 3.81. The number of carbonyl (C=O) groups excluding carboxylic acids is 1. The zero-order chi connectivity index (χ0) is 21.4. The minimum Gasteiger partial charge on any atom is -0.497 e. The number of fused-ring (bicyclic) bond motifs is 3. The third-order valence-corrected chi connectivity index (χ3v) is 6.90. The van der Waals surface area contributed by atoms with Gasteiger partial charge in [0.05, 0.1) is 25.4 Å². The summed E-state index contributed by atoms with van der Waals surface area (Å²) in [5.41, 5.74) is 4.72. The van der Waals surface area contributed by atoms with Gasteiger partial charge in [0.15, 0.2) is 0 Å². The molecule has 0 radical (unpaired) electrons. The van der Waals surface area contributed by atoms with E-state index in [0.717, 1.165) is 56.0 Å². The van der Waals surface area contributed by atoms with Gasteiger partial charge in [-0.15, -0.1) is 0 Å². The zero-order valence-corrected chi connectivity index (χ0v) is 18.3. The van der Waals surface area contributed by atoms with E-state index < -0.39 is 0 Å². The van der Waals surface area contributed by atoms with Gasteiger partial charge >= 0.3 is 0 Å². The highest BCUT2D eigenvalue weighted by Gasteiger charge is 2.44. The molecule has 0 bridgehead atoms. The standard InChI is InChI=1S/C25H30N4O2/c1-27-13-15-28(16-14-27)17-23(30)29-25(19-7-10-20(31-2)11-8-19)22-12-9-18-5-3-4-6-21(18)24(22)26-29/h3-8,10-11,22,25H,9,12-17H2,1-2H3/t22-,25-/m1/s1. The molecule has 1 aliphatic carbocycles. The van der Waals surface area contributed by atoms with Gasteiger partial charge in [-0.25, -0.2) is 5.01 Å². The lowest BCUT2D eigenvalue weighted by molar-refractivity contribution is -0.135. The molecule has 162 valence electrons. The van der Waals surface area contributed by atoms with Crippen LogP contribution in [0.2, 0.25) is 0 Å². The number of piperazine rings is 1. The molecule has 2 heterocycles. The van der Waals surface area contributed by atoms with E-state index in [9.17, 15) is 4.79 Å². The summed E-state index contributed by atoms with van der Waals surface area (Å²) in [5.74, 6) is 1.14. The van der Waals surface area contributed by atoms with Gasteiger partial charge in [-0.05, 0) is 43.1 Å². The lowest BCUT2D eigenvalue weighted by atomic mass is 9.77. The minimum absolute atomic E-state index is 0.0609. The van der Waals surface area contributed by atoms with Crippen LogP contribution in [0.1, 0.15) is 29.2 Å². The third-order valence-electron chi connectivity index (χ3n) is 6.90. The summed E-state index contributed by atoms with van der Waals surface area (Å²) in [6.07, 6.45) is 2.03. The van der Waals surface area contributed by atoms with Crippen LogP contribution < -0.4 is 4.74 Å². The Bertz CT molecular complexity index is 979. The maximum Gasteiger partial charge on any atom is 0.257 e. The average molecular weight is 419 g/mol. The molecule has 1 saturated heterocycles. The van der Waals surface area contributed by atoms with Crippen LogP contribution in [0.15, 0.2) is 53.6 Å². The number of benzene rings is 2. The van der Waals surface area contributed by atoms with Crippen LogP contribution >= 0.6 is 0 Å². The molecule has 2 aromatic rings. The topological polar surface area (TPSA) is 48.4 Å². The summed E-state index contributed by atoms with van der Waals surface area (Å²) in [6.45, 7) is 4.27. The van der Waals surface area contributed by atoms with Gasteiger partial charge in [0.1, 0.15) is 5.75 Å². The molecule has 2 aliphatic heterocycles. The van der Waals surface area contributed by atoms with Crippen LogP contribution in [-0.2, 0) is 11.2 Å². The molecule has 1 fully saturated rings. The Kier molecular flexibility index (Phi) is 5.50. The second kappa shape index (κ2) is 8.44. The van der Waals surface area contributed by atoms with Crippen LogP contribution in [0.25, 0.3) is 0 Å². The number of hydrogen-bond acceptors (Lipinski definition) is 5. The Labute approximate surface area is 184 Å². The monoisotopic (exact) mass is 418 g/mol. The van der Waals surface area contributed by atoms with Crippen molar-refractivity contribution in [1.29, 1.82) is 0 Å². The summed E-state index contributed by atoms with van der Waals surface area (Å²) in [5, 5.41) is 6.74. The van der Waals surface area contributed by atoms with Crippen LogP contribution in [0.3, 0.4) is 0 Å². The molecular formula is C25H30N4O2. The maximum atomic E-state index is 13.5. The number of hydrogen-bond donors (Lipinski definition) is 0. The first-order valence-electron chi connectivity index (χ1n) is 11.2. The SMILES string of the molecule is COc1ccc([C@@H]2[C@@H]3CCc4ccccc4C3=NN2C(=O)CN2CCN(C)CC2)cc1. The van der Waals surface area contributed by atoms with Crippen molar-refractivity contribution in [3.8, 4) is 5.75 Å². The van der Waals surface area contributed by atoms with E-state index in [2.05, 4.69) is 53.2 Å². The largest absolute Gasteiger partial charge is 0.497 e. The number of rotatable bonds is 4. The molecule has 5 rings (SSSR count). The molecule has 0 saturated carbocycles. The number of methoxy groups -OCH3 is 1. The second-order valence-corrected chi connectivity index (χ2v) is 8.82. The van der Waals surface area contributed by atoms with Crippen molar-refractivity contribution in [1.82, 2.24) is 14.8 Å². The molecule has 0 spiro atoms. The quantitative estimate of drug-likeness (QED) is 0.766. The van der Waals surface area contributed by atoms with Crippen molar-refractivity contribution in [2.24, 2.45) is 11.0 Å². The Morgan fingerprint density at radius 2 is 1.81 bits per heavy atom. The molecule has 0 aromatic heterocycles. The van der Waals surface area contributed by atoms with E-state index >= 15 is 0 Å². The lowest BCUT2D eigenvalue weighted by Crippen LogP contribution is -2.48. The Morgan fingerprint density at radius 1 is 1.06 bits per heavy atom. The number of ether oxygens (including phenoxy) is 1. The first-order valence-corrected chi connectivity index (χ1v) is 11.2. The number of likely N-dealkylation sites (N-methyl/N-ethyl adjacent to an activating group) is 1. The summed E-state index contributed by atoms with van der Waals surface area (Å²) in [6, 6.07) is 16.6. The molecule has 2 atom stereocenters. The molecule has 31 heavy (non-hydrogen) atoms. The van der Waals surface area contributed by atoms with Crippen LogP contribution in [0, 0.1) is 5.92 Å². The molecular weight excluding hydrogens is 388 g/mol. The molecule has 3 aliphatic rings. The highest BCUT2D eigenvalue weighted by Crippen LogP contribution is 2.43. The first kappa shape index (κ1) is 20.2. The number of amides is 1. The van der Waals surface area contributed by atoms with Gasteiger partial charge in [0.25, 0.3) is 5.91 Å². The number of nitrogens with zero attached hydrogens (tertiary/aromatic N) is 4. The van der Waals surface area contributed by atoms with Crippen LogP contribution in [0.4, 0.5) is 0 Å². The Hall–Kier alpha value is -2.70. The summed E-state index contributed by atoms with van der Waals surface area (Å²) >= 11 is 0. The number of hydrazone groups is 1. The lowest BCUT2D eigenvalue weighted by Gasteiger charge is -2.34. The van der Waals surface area contributed by atoms with Crippen molar-refractivity contribution in [3.63, 3.8) is 0 Å². The van der Waals surface area contributed by atoms with Crippen LogP contribution in [-0.4, -0.2) is 73.3 Å². The van der Waals surface area contributed by atoms with Gasteiger partial charge in [-0.2, -0.15) is 5.10 Å². The van der Waals surface area contributed by atoms with Crippen molar-refractivity contribution in [3.05, 3.63) is 65.2 Å². The predicted octanol–water partition coefficient (Wildman–Crippen LogP) is 2.79. The molecule has 0 N–H and O–H groups in total. The van der Waals surface area contributed by atoms with Crippen molar-refractivity contribution >= 4 is 11.6 Å².